The Bertz CT molecular complexity index is 516. The summed E-state index contributed by atoms with van der Waals surface area (Å²) >= 11 is 1.39. The molecule has 0 radical (unpaired) electrons. The van der Waals surface area contributed by atoms with Crippen molar-refractivity contribution in [1.29, 1.82) is 0 Å². The minimum atomic E-state index is -0.220. The monoisotopic (exact) mass is 250 g/mol. The average Bonchev–Trinajstić information content (AvgIpc) is 2.86. The number of hydrogen-bond donors (Lipinski definition) is 1. The number of anilines is 1. The van der Waals surface area contributed by atoms with Crippen molar-refractivity contribution in [3.8, 4) is 0 Å². The second-order valence-corrected chi connectivity index (χ2v) is 4.90. The molecule has 0 atom stereocenters. The molecule has 90 valence electrons. The van der Waals surface area contributed by atoms with Gasteiger partial charge in [0.2, 0.25) is 0 Å². The molecular formula is C11H14N4OS. The maximum Gasteiger partial charge on any atom is 0.277 e. The van der Waals surface area contributed by atoms with Crippen LogP contribution in [0.3, 0.4) is 0 Å². The van der Waals surface area contributed by atoms with Crippen molar-refractivity contribution in [3.05, 3.63) is 29.0 Å². The van der Waals surface area contributed by atoms with E-state index in [9.17, 15) is 4.79 Å². The van der Waals surface area contributed by atoms with E-state index < -0.39 is 0 Å². The van der Waals surface area contributed by atoms with Gasteiger partial charge in [-0.25, -0.2) is 4.98 Å². The van der Waals surface area contributed by atoms with Crippen LogP contribution >= 0.6 is 11.3 Å². The first-order chi connectivity index (χ1) is 8.08. The number of thiazole rings is 1. The van der Waals surface area contributed by atoms with Crippen molar-refractivity contribution in [2.75, 3.05) is 5.32 Å². The second kappa shape index (κ2) is 4.67. The average molecular weight is 250 g/mol. The Morgan fingerprint density at radius 3 is 2.82 bits per heavy atom. The Balaban J connectivity index is 2.17. The maximum atomic E-state index is 11.9. The number of aryl methyl sites for hydroxylation is 1. The number of nitrogens with one attached hydrogen (secondary N) is 1. The van der Waals surface area contributed by atoms with Gasteiger partial charge in [0.15, 0.2) is 10.8 Å². The minimum absolute atomic E-state index is 0.220. The van der Waals surface area contributed by atoms with Gasteiger partial charge in [0.1, 0.15) is 0 Å². The summed E-state index contributed by atoms with van der Waals surface area (Å²) in [6.45, 7) is 6.00. The summed E-state index contributed by atoms with van der Waals surface area (Å²) in [5.74, 6) is -0.220. The Labute approximate surface area is 103 Å². The quantitative estimate of drug-likeness (QED) is 0.910. The predicted octanol–water partition coefficient (Wildman–Crippen LogP) is 2.48. The van der Waals surface area contributed by atoms with Crippen LogP contribution in [0.25, 0.3) is 0 Å². The highest BCUT2D eigenvalue weighted by atomic mass is 32.1. The first kappa shape index (κ1) is 11.8. The molecule has 0 unspecified atom stereocenters. The SMILES string of the molecule is Cc1cc(C(=O)Nc2nccs2)nn1C(C)C. The first-order valence-corrected chi connectivity index (χ1v) is 6.23. The minimum Gasteiger partial charge on any atom is -0.296 e. The largest absolute Gasteiger partial charge is 0.296 e. The zero-order valence-corrected chi connectivity index (χ0v) is 10.8. The topological polar surface area (TPSA) is 59.8 Å². The number of rotatable bonds is 3. The molecule has 2 heterocycles. The van der Waals surface area contributed by atoms with E-state index in [0.29, 0.717) is 10.8 Å². The predicted molar refractivity (Wildman–Crippen MR) is 67.4 cm³/mol. The third kappa shape index (κ3) is 2.52. The van der Waals surface area contributed by atoms with Crippen molar-refractivity contribution >= 4 is 22.4 Å². The standard InChI is InChI=1S/C11H14N4OS/c1-7(2)15-8(3)6-9(14-15)10(16)13-11-12-4-5-17-11/h4-7H,1-3H3,(H,12,13,16). The van der Waals surface area contributed by atoms with Gasteiger partial charge in [-0.1, -0.05) is 0 Å². The summed E-state index contributed by atoms with van der Waals surface area (Å²) in [6.07, 6.45) is 1.65. The van der Waals surface area contributed by atoms with E-state index in [1.165, 1.54) is 11.3 Å². The number of aromatic nitrogens is 3. The molecule has 0 aliphatic rings. The molecule has 0 bridgehead atoms. The van der Waals surface area contributed by atoms with E-state index in [2.05, 4.69) is 15.4 Å². The van der Waals surface area contributed by atoms with Crippen LogP contribution in [0.5, 0.6) is 0 Å². The van der Waals surface area contributed by atoms with E-state index in [-0.39, 0.29) is 11.9 Å². The summed E-state index contributed by atoms with van der Waals surface area (Å²) in [6, 6.07) is 2.03. The molecule has 2 rings (SSSR count). The van der Waals surface area contributed by atoms with Crippen LogP contribution in [-0.4, -0.2) is 20.7 Å². The summed E-state index contributed by atoms with van der Waals surface area (Å²) in [4.78, 5) is 15.9. The van der Waals surface area contributed by atoms with Crippen molar-refractivity contribution < 1.29 is 4.79 Å². The van der Waals surface area contributed by atoms with Crippen molar-refractivity contribution in [2.24, 2.45) is 0 Å². The molecule has 1 amide bonds. The molecule has 0 aliphatic heterocycles. The molecule has 5 nitrogen and oxygen atoms in total. The van der Waals surface area contributed by atoms with Gasteiger partial charge in [0.25, 0.3) is 5.91 Å². The molecule has 0 spiro atoms. The number of carbonyl (C=O) groups is 1. The fourth-order valence-electron chi connectivity index (χ4n) is 1.57. The molecule has 17 heavy (non-hydrogen) atoms. The molecule has 2 aromatic rings. The van der Waals surface area contributed by atoms with Gasteiger partial charge in [-0.05, 0) is 26.8 Å². The third-order valence-electron chi connectivity index (χ3n) is 2.30. The number of hydrogen-bond acceptors (Lipinski definition) is 4. The highest BCUT2D eigenvalue weighted by Gasteiger charge is 2.14. The van der Waals surface area contributed by atoms with Gasteiger partial charge in [0.05, 0.1) is 0 Å². The highest BCUT2D eigenvalue weighted by Crippen LogP contribution is 2.14. The molecule has 0 aliphatic carbocycles. The Kier molecular flexibility index (Phi) is 3.23. The molecule has 0 saturated carbocycles. The van der Waals surface area contributed by atoms with Gasteiger partial charge in [-0.15, -0.1) is 11.3 Å². The lowest BCUT2D eigenvalue weighted by atomic mass is 10.3. The van der Waals surface area contributed by atoms with Crippen LogP contribution in [0.2, 0.25) is 0 Å². The van der Waals surface area contributed by atoms with E-state index in [1.54, 1.807) is 12.3 Å². The summed E-state index contributed by atoms with van der Waals surface area (Å²) in [5.41, 5.74) is 1.40. The van der Waals surface area contributed by atoms with Crippen LogP contribution in [-0.2, 0) is 0 Å². The van der Waals surface area contributed by atoms with Gasteiger partial charge >= 0.3 is 0 Å². The molecular weight excluding hydrogens is 236 g/mol. The third-order valence-corrected chi connectivity index (χ3v) is 2.99. The number of carbonyl (C=O) groups excluding carboxylic acids is 1. The van der Waals surface area contributed by atoms with Crippen molar-refractivity contribution in [1.82, 2.24) is 14.8 Å². The van der Waals surface area contributed by atoms with Gasteiger partial charge in [-0.2, -0.15) is 5.10 Å². The normalized spacial score (nSPS) is 10.8. The van der Waals surface area contributed by atoms with E-state index in [4.69, 9.17) is 0 Å². The fraction of sp³-hybridized carbons (Fsp3) is 0.364. The van der Waals surface area contributed by atoms with Crippen LogP contribution in [0.15, 0.2) is 17.6 Å². The van der Waals surface area contributed by atoms with Crippen molar-refractivity contribution in [3.63, 3.8) is 0 Å². The summed E-state index contributed by atoms with van der Waals surface area (Å²) < 4.78 is 1.83. The Morgan fingerprint density at radius 1 is 1.53 bits per heavy atom. The van der Waals surface area contributed by atoms with Gasteiger partial charge in [-0.3, -0.25) is 14.8 Å². The van der Waals surface area contributed by atoms with Crippen molar-refractivity contribution in [2.45, 2.75) is 26.8 Å². The Morgan fingerprint density at radius 2 is 2.29 bits per heavy atom. The van der Waals surface area contributed by atoms with E-state index in [0.717, 1.165) is 5.69 Å². The molecule has 0 saturated heterocycles. The van der Waals surface area contributed by atoms with E-state index in [1.807, 2.05) is 30.8 Å². The number of nitrogens with zero attached hydrogens (tertiary/aromatic N) is 3. The summed E-state index contributed by atoms with van der Waals surface area (Å²) in [5, 5.41) is 9.38. The number of amides is 1. The molecule has 0 fully saturated rings. The highest BCUT2D eigenvalue weighted by molar-refractivity contribution is 7.13. The fourth-order valence-corrected chi connectivity index (χ4v) is 2.09. The van der Waals surface area contributed by atoms with Crippen LogP contribution in [0.4, 0.5) is 5.13 Å². The Hall–Kier alpha value is -1.69. The van der Waals surface area contributed by atoms with Crippen LogP contribution < -0.4 is 5.32 Å². The molecule has 2 aromatic heterocycles. The lowest BCUT2D eigenvalue weighted by Gasteiger charge is -2.06. The first-order valence-electron chi connectivity index (χ1n) is 5.35. The lowest BCUT2D eigenvalue weighted by Crippen LogP contribution is -2.13. The van der Waals surface area contributed by atoms with Gasteiger partial charge < -0.3 is 0 Å². The lowest BCUT2D eigenvalue weighted by molar-refractivity contribution is 0.102. The van der Waals surface area contributed by atoms with Crippen LogP contribution in [0, 0.1) is 6.92 Å². The molecule has 1 N–H and O–H groups in total. The molecule has 6 heteroatoms. The second-order valence-electron chi connectivity index (χ2n) is 4.00. The van der Waals surface area contributed by atoms with Crippen LogP contribution in [0.1, 0.15) is 36.1 Å². The van der Waals surface area contributed by atoms with Gasteiger partial charge in [0, 0.05) is 23.3 Å². The maximum absolute atomic E-state index is 11.9. The molecule has 0 aromatic carbocycles. The van der Waals surface area contributed by atoms with E-state index >= 15 is 0 Å². The zero-order valence-electron chi connectivity index (χ0n) is 9.97. The summed E-state index contributed by atoms with van der Waals surface area (Å²) in [7, 11) is 0. The smallest absolute Gasteiger partial charge is 0.277 e. The zero-order chi connectivity index (χ0) is 12.4.